The summed E-state index contributed by atoms with van der Waals surface area (Å²) < 4.78 is 0. The standard InChI is InChI=1S/C7H18N2O/c1-3-9(2)6-4-8-5-7-10/h8,10H,3-7H2,1-2H3. The highest BCUT2D eigenvalue weighted by Crippen LogP contribution is 1.76. The monoisotopic (exact) mass is 146 g/mol. The Labute approximate surface area is 63.0 Å². The molecule has 10 heavy (non-hydrogen) atoms. The van der Waals surface area contributed by atoms with Gasteiger partial charge >= 0.3 is 0 Å². The Morgan fingerprint density at radius 3 is 2.60 bits per heavy atom. The minimum Gasteiger partial charge on any atom is -0.395 e. The molecular weight excluding hydrogens is 128 g/mol. The van der Waals surface area contributed by atoms with Gasteiger partial charge in [0, 0.05) is 19.6 Å². The second-order valence-electron chi connectivity index (χ2n) is 2.37. The van der Waals surface area contributed by atoms with E-state index >= 15 is 0 Å². The summed E-state index contributed by atoms with van der Waals surface area (Å²) >= 11 is 0. The first-order valence-electron chi connectivity index (χ1n) is 3.81. The zero-order valence-corrected chi connectivity index (χ0v) is 6.93. The van der Waals surface area contributed by atoms with Gasteiger partial charge in [0.1, 0.15) is 0 Å². The lowest BCUT2D eigenvalue weighted by atomic mass is 10.5. The molecule has 0 fully saturated rings. The predicted octanol–water partition coefficient (Wildman–Crippen LogP) is -0.480. The average Bonchev–Trinajstić information content (AvgIpc) is 1.98. The fraction of sp³-hybridized carbons (Fsp3) is 1.00. The molecule has 0 saturated carbocycles. The number of aliphatic hydroxyl groups excluding tert-OH is 1. The molecular formula is C7H18N2O. The maximum absolute atomic E-state index is 8.41. The number of rotatable bonds is 6. The van der Waals surface area contributed by atoms with Crippen LogP contribution in [0, 0.1) is 0 Å². The first-order valence-corrected chi connectivity index (χ1v) is 3.81. The van der Waals surface area contributed by atoms with Gasteiger partial charge in [-0.25, -0.2) is 0 Å². The van der Waals surface area contributed by atoms with Gasteiger partial charge in [0.15, 0.2) is 0 Å². The molecule has 0 bridgehead atoms. The van der Waals surface area contributed by atoms with E-state index in [4.69, 9.17) is 5.11 Å². The second-order valence-corrected chi connectivity index (χ2v) is 2.37. The molecule has 0 spiro atoms. The summed E-state index contributed by atoms with van der Waals surface area (Å²) in [6, 6.07) is 0. The van der Waals surface area contributed by atoms with Crippen molar-refractivity contribution in [2.45, 2.75) is 6.92 Å². The third-order valence-corrected chi connectivity index (χ3v) is 1.50. The van der Waals surface area contributed by atoms with Gasteiger partial charge in [-0.15, -0.1) is 0 Å². The molecule has 3 nitrogen and oxygen atoms in total. The van der Waals surface area contributed by atoms with E-state index in [2.05, 4.69) is 24.2 Å². The van der Waals surface area contributed by atoms with Crippen LogP contribution < -0.4 is 5.32 Å². The molecule has 0 aromatic heterocycles. The van der Waals surface area contributed by atoms with E-state index in [1.807, 2.05) is 0 Å². The smallest absolute Gasteiger partial charge is 0.0555 e. The summed E-state index contributed by atoms with van der Waals surface area (Å²) in [6.07, 6.45) is 0. The van der Waals surface area contributed by atoms with Crippen LogP contribution in [-0.4, -0.2) is 49.8 Å². The Balaban J connectivity index is 2.89. The van der Waals surface area contributed by atoms with E-state index in [0.717, 1.165) is 19.6 Å². The summed E-state index contributed by atoms with van der Waals surface area (Å²) in [7, 11) is 2.08. The summed E-state index contributed by atoms with van der Waals surface area (Å²) in [5.41, 5.74) is 0. The third kappa shape index (κ3) is 6.01. The van der Waals surface area contributed by atoms with Crippen LogP contribution in [0.1, 0.15) is 6.92 Å². The number of hydrogen-bond donors (Lipinski definition) is 2. The molecule has 0 aliphatic carbocycles. The minimum absolute atomic E-state index is 0.232. The van der Waals surface area contributed by atoms with Crippen LogP contribution in [0.3, 0.4) is 0 Å². The van der Waals surface area contributed by atoms with Crippen molar-refractivity contribution in [1.29, 1.82) is 0 Å². The zero-order valence-electron chi connectivity index (χ0n) is 6.93. The van der Waals surface area contributed by atoms with Crippen LogP contribution >= 0.6 is 0 Å². The van der Waals surface area contributed by atoms with Crippen molar-refractivity contribution in [3.05, 3.63) is 0 Å². The van der Waals surface area contributed by atoms with Gasteiger partial charge in [-0.05, 0) is 13.6 Å². The molecule has 0 amide bonds. The Morgan fingerprint density at radius 2 is 2.10 bits per heavy atom. The second kappa shape index (κ2) is 6.99. The van der Waals surface area contributed by atoms with Gasteiger partial charge in [0.2, 0.25) is 0 Å². The minimum atomic E-state index is 0.232. The molecule has 0 unspecified atom stereocenters. The summed E-state index contributed by atoms with van der Waals surface area (Å²) in [6.45, 7) is 6.17. The molecule has 0 rings (SSSR count). The number of nitrogens with one attached hydrogen (secondary N) is 1. The number of nitrogens with zero attached hydrogens (tertiary/aromatic N) is 1. The largest absolute Gasteiger partial charge is 0.395 e. The Kier molecular flexibility index (Phi) is 6.91. The van der Waals surface area contributed by atoms with Crippen molar-refractivity contribution in [3.63, 3.8) is 0 Å². The molecule has 0 atom stereocenters. The molecule has 0 heterocycles. The van der Waals surface area contributed by atoms with Crippen molar-refractivity contribution in [1.82, 2.24) is 10.2 Å². The van der Waals surface area contributed by atoms with Crippen LogP contribution in [-0.2, 0) is 0 Å². The Morgan fingerprint density at radius 1 is 1.40 bits per heavy atom. The van der Waals surface area contributed by atoms with Crippen LogP contribution in [0.5, 0.6) is 0 Å². The van der Waals surface area contributed by atoms with Crippen molar-refractivity contribution < 1.29 is 5.11 Å². The SMILES string of the molecule is CCN(C)CCNCCO. The van der Waals surface area contributed by atoms with Crippen molar-refractivity contribution in [2.75, 3.05) is 39.8 Å². The molecule has 0 saturated heterocycles. The average molecular weight is 146 g/mol. The molecule has 3 heteroatoms. The lowest BCUT2D eigenvalue weighted by molar-refractivity contribution is 0.284. The third-order valence-electron chi connectivity index (χ3n) is 1.50. The molecule has 0 aromatic rings. The Bertz CT molecular complexity index is 68.6. The van der Waals surface area contributed by atoms with Crippen molar-refractivity contribution in [2.24, 2.45) is 0 Å². The van der Waals surface area contributed by atoms with Gasteiger partial charge in [0.25, 0.3) is 0 Å². The quantitative estimate of drug-likeness (QED) is 0.497. The highest BCUT2D eigenvalue weighted by Gasteiger charge is 1.91. The number of hydrogen-bond acceptors (Lipinski definition) is 3. The van der Waals surface area contributed by atoms with Crippen LogP contribution in [0.25, 0.3) is 0 Å². The summed E-state index contributed by atoms with van der Waals surface area (Å²) in [5, 5.41) is 11.5. The zero-order chi connectivity index (χ0) is 7.82. The highest BCUT2D eigenvalue weighted by atomic mass is 16.3. The first-order chi connectivity index (χ1) is 4.81. The van der Waals surface area contributed by atoms with Crippen molar-refractivity contribution in [3.8, 4) is 0 Å². The van der Waals surface area contributed by atoms with Gasteiger partial charge in [-0.2, -0.15) is 0 Å². The van der Waals surface area contributed by atoms with Gasteiger partial charge in [0.05, 0.1) is 6.61 Å². The number of likely N-dealkylation sites (N-methyl/N-ethyl adjacent to an activating group) is 1. The van der Waals surface area contributed by atoms with E-state index in [0.29, 0.717) is 6.54 Å². The van der Waals surface area contributed by atoms with Gasteiger partial charge in [-0.3, -0.25) is 0 Å². The topological polar surface area (TPSA) is 35.5 Å². The number of aliphatic hydroxyl groups is 1. The molecule has 0 radical (unpaired) electrons. The fourth-order valence-electron chi connectivity index (χ4n) is 0.632. The highest BCUT2D eigenvalue weighted by molar-refractivity contribution is 4.51. The lowest BCUT2D eigenvalue weighted by Gasteiger charge is -2.13. The van der Waals surface area contributed by atoms with E-state index in [9.17, 15) is 0 Å². The first kappa shape index (κ1) is 9.88. The molecule has 2 N–H and O–H groups in total. The van der Waals surface area contributed by atoms with Crippen LogP contribution in [0.4, 0.5) is 0 Å². The normalized spacial score (nSPS) is 10.8. The summed E-state index contributed by atoms with van der Waals surface area (Å²) in [5.74, 6) is 0. The maximum atomic E-state index is 8.41. The van der Waals surface area contributed by atoms with E-state index in [1.54, 1.807) is 0 Å². The Hall–Kier alpha value is -0.120. The predicted molar refractivity (Wildman–Crippen MR) is 43.1 cm³/mol. The fourth-order valence-corrected chi connectivity index (χ4v) is 0.632. The maximum Gasteiger partial charge on any atom is 0.0555 e. The summed E-state index contributed by atoms with van der Waals surface area (Å²) in [4.78, 5) is 2.23. The van der Waals surface area contributed by atoms with Gasteiger partial charge in [-0.1, -0.05) is 6.92 Å². The molecule has 0 aliphatic heterocycles. The van der Waals surface area contributed by atoms with Crippen molar-refractivity contribution >= 4 is 0 Å². The molecule has 0 aromatic carbocycles. The molecule has 0 aliphatic rings. The van der Waals surface area contributed by atoms with Crippen LogP contribution in [0.2, 0.25) is 0 Å². The van der Waals surface area contributed by atoms with E-state index < -0.39 is 0 Å². The van der Waals surface area contributed by atoms with Crippen LogP contribution in [0.15, 0.2) is 0 Å². The van der Waals surface area contributed by atoms with Gasteiger partial charge < -0.3 is 15.3 Å². The van der Waals surface area contributed by atoms with E-state index in [1.165, 1.54) is 0 Å². The molecule has 62 valence electrons. The lowest BCUT2D eigenvalue weighted by Crippen LogP contribution is -2.30. The van der Waals surface area contributed by atoms with E-state index in [-0.39, 0.29) is 6.61 Å².